The van der Waals surface area contributed by atoms with Crippen LogP contribution in [0, 0.1) is 5.92 Å². The Balaban J connectivity index is 1.58. The molecule has 3 aromatic rings. The Morgan fingerprint density at radius 3 is 2.57 bits per heavy atom. The van der Waals surface area contributed by atoms with E-state index >= 15 is 0 Å². The Morgan fingerprint density at radius 1 is 1.11 bits per heavy atom. The number of carbonyl (C=O) groups excluding carboxylic acids is 2. The number of rotatable bonds is 8. The zero-order valence-electron chi connectivity index (χ0n) is 16.3. The van der Waals surface area contributed by atoms with Crippen molar-refractivity contribution in [2.75, 3.05) is 6.54 Å². The summed E-state index contributed by atoms with van der Waals surface area (Å²) >= 11 is 0. The van der Waals surface area contributed by atoms with E-state index in [0.29, 0.717) is 18.5 Å². The predicted octanol–water partition coefficient (Wildman–Crippen LogP) is 2.84. The number of nitrogens with one attached hydrogen (secondary N) is 2. The first-order valence-corrected chi connectivity index (χ1v) is 9.64. The molecule has 2 N–H and O–H groups in total. The molecule has 6 heteroatoms. The van der Waals surface area contributed by atoms with Crippen LogP contribution in [0.5, 0.6) is 0 Å². The maximum Gasteiger partial charge on any atom is 0.251 e. The van der Waals surface area contributed by atoms with Gasteiger partial charge in [-0.05, 0) is 30.2 Å². The molecule has 2 amide bonds. The molecular formula is C22H26N4O2. The van der Waals surface area contributed by atoms with E-state index in [1.165, 1.54) is 0 Å². The molecule has 6 nitrogen and oxygen atoms in total. The molecule has 2 atom stereocenters. The molecule has 3 rings (SSSR count). The van der Waals surface area contributed by atoms with E-state index in [1.54, 1.807) is 12.1 Å². The van der Waals surface area contributed by atoms with Gasteiger partial charge in [0.2, 0.25) is 5.91 Å². The van der Waals surface area contributed by atoms with Crippen molar-refractivity contribution in [3.05, 3.63) is 72.2 Å². The molecule has 0 aliphatic carbocycles. The fourth-order valence-corrected chi connectivity index (χ4v) is 3.05. The second kappa shape index (κ2) is 9.17. The lowest BCUT2D eigenvalue weighted by Crippen LogP contribution is -2.50. The molecule has 146 valence electrons. The van der Waals surface area contributed by atoms with Crippen LogP contribution in [0.25, 0.3) is 5.65 Å². The summed E-state index contributed by atoms with van der Waals surface area (Å²) in [5, 5.41) is 5.83. The van der Waals surface area contributed by atoms with Gasteiger partial charge in [-0.2, -0.15) is 0 Å². The molecule has 0 aliphatic rings. The normalized spacial score (nSPS) is 13.1. The quantitative estimate of drug-likeness (QED) is 0.633. The van der Waals surface area contributed by atoms with E-state index in [1.807, 2.05) is 67.0 Å². The molecule has 0 spiro atoms. The smallest absolute Gasteiger partial charge is 0.251 e. The number of pyridine rings is 1. The third-order valence-electron chi connectivity index (χ3n) is 4.91. The number of benzene rings is 1. The molecule has 0 saturated carbocycles. The summed E-state index contributed by atoms with van der Waals surface area (Å²) in [5.41, 5.74) is 2.35. The lowest BCUT2D eigenvalue weighted by Gasteiger charge is -2.23. The van der Waals surface area contributed by atoms with Crippen LogP contribution in [0.3, 0.4) is 0 Å². The summed E-state index contributed by atoms with van der Waals surface area (Å²) in [5.74, 6) is -0.369. The van der Waals surface area contributed by atoms with Crippen LogP contribution in [0.2, 0.25) is 0 Å². The van der Waals surface area contributed by atoms with E-state index in [2.05, 4.69) is 15.6 Å². The van der Waals surface area contributed by atoms with Crippen LogP contribution in [0.1, 0.15) is 36.3 Å². The molecule has 0 fully saturated rings. The summed E-state index contributed by atoms with van der Waals surface area (Å²) in [6.45, 7) is 4.45. The molecule has 2 aromatic heterocycles. The van der Waals surface area contributed by atoms with Crippen LogP contribution in [0.15, 0.2) is 60.9 Å². The van der Waals surface area contributed by atoms with Gasteiger partial charge in [0.25, 0.3) is 5.91 Å². The third-order valence-corrected chi connectivity index (χ3v) is 4.91. The molecule has 1 aromatic carbocycles. The first-order chi connectivity index (χ1) is 13.6. The lowest BCUT2D eigenvalue weighted by molar-refractivity contribution is -0.124. The molecule has 2 heterocycles. The number of carbonyl (C=O) groups is 2. The minimum atomic E-state index is -0.571. The van der Waals surface area contributed by atoms with Crippen molar-refractivity contribution in [3.63, 3.8) is 0 Å². The van der Waals surface area contributed by atoms with Crippen molar-refractivity contribution in [3.8, 4) is 0 Å². The molecule has 0 saturated heterocycles. The van der Waals surface area contributed by atoms with E-state index in [-0.39, 0.29) is 17.7 Å². The Bertz CT molecular complexity index is 903. The molecular weight excluding hydrogens is 352 g/mol. The average molecular weight is 378 g/mol. The zero-order chi connectivity index (χ0) is 19.9. The highest BCUT2D eigenvalue weighted by molar-refractivity contribution is 5.97. The van der Waals surface area contributed by atoms with Crippen molar-refractivity contribution in [2.24, 2.45) is 5.92 Å². The minimum absolute atomic E-state index is 0.0304. The van der Waals surface area contributed by atoms with Crippen molar-refractivity contribution in [1.29, 1.82) is 0 Å². The summed E-state index contributed by atoms with van der Waals surface area (Å²) in [4.78, 5) is 29.7. The van der Waals surface area contributed by atoms with Crippen LogP contribution in [-0.4, -0.2) is 33.8 Å². The van der Waals surface area contributed by atoms with Gasteiger partial charge in [-0.1, -0.05) is 44.5 Å². The third kappa shape index (κ3) is 4.76. The molecule has 0 aliphatic heterocycles. The molecule has 0 bridgehead atoms. The topological polar surface area (TPSA) is 75.5 Å². The molecule has 2 unspecified atom stereocenters. The maximum atomic E-state index is 12.7. The Morgan fingerprint density at radius 2 is 1.86 bits per heavy atom. The number of imidazole rings is 1. The van der Waals surface area contributed by atoms with Gasteiger partial charge in [0.15, 0.2) is 0 Å². The number of hydrogen-bond acceptors (Lipinski definition) is 3. The van der Waals surface area contributed by atoms with Crippen molar-refractivity contribution in [2.45, 2.75) is 32.7 Å². The van der Waals surface area contributed by atoms with E-state index in [4.69, 9.17) is 0 Å². The highest BCUT2D eigenvalue weighted by Gasteiger charge is 2.26. The van der Waals surface area contributed by atoms with E-state index < -0.39 is 6.04 Å². The summed E-state index contributed by atoms with van der Waals surface area (Å²) in [6.07, 6.45) is 5.33. The van der Waals surface area contributed by atoms with Gasteiger partial charge in [0.1, 0.15) is 11.7 Å². The fraction of sp³-hybridized carbons (Fsp3) is 0.318. The van der Waals surface area contributed by atoms with Crippen molar-refractivity contribution in [1.82, 2.24) is 20.0 Å². The van der Waals surface area contributed by atoms with Gasteiger partial charge >= 0.3 is 0 Å². The van der Waals surface area contributed by atoms with Crippen LogP contribution >= 0.6 is 0 Å². The van der Waals surface area contributed by atoms with Gasteiger partial charge in [-0.3, -0.25) is 9.59 Å². The Labute approximate surface area is 165 Å². The standard InChI is InChI=1S/C22H26N4O2/c1-3-16(2)20(25-21(27)17-9-5-4-6-10-17)22(28)23-13-12-18-15-26-14-8-7-11-19(26)24-18/h4-11,14-16,20H,3,12-13H2,1-2H3,(H,23,28)(H,25,27). The maximum absolute atomic E-state index is 12.7. The van der Waals surface area contributed by atoms with Crippen LogP contribution < -0.4 is 10.6 Å². The van der Waals surface area contributed by atoms with Gasteiger partial charge in [0.05, 0.1) is 5.69 Å². The molecule has 0 radical (unpaired) electrons. The highest BCUT2D eigenvalue weighted by atomic mass is 16.2. The lowest BCUT2D eigenvalue weighted by atomic mass is 9.97. The largest absolute Gasteiger partial charge is 0.354 e. The fourth-order valence-electron chi connectivity index (χ4n) is 3.05. The second-order valence-corrected chi connectivity index (χ2v) is 6.94. The monoisotopic (exact) mass is 378 g/mol. The number of aromatic nitrogens is 2. The van der Waals surface area contributed by atoms with Crippen LogP contribution in [-0.2, 0) is 11.2 Å². The van der Waals surface area contributed by atoms with Crippen molar-refractivity contribution >= 4 is 17.5 Å². The second-order valence-electron chi connectivity index (χ2n) is 6.94. The summed E-state index contributed by atoms with van der Waals surface area (Å²) < 4.78 is 1.96. The van der Waals surface area contributed by atoms with Crippen LogP contribution in [0.4, 0.5) is 0 Å². The first-order valence-electron chi connectivity index (χ1n) is 9.64. The van der Waals surface area contributed by atoms with Crippen molar-refractivity contribution < 1.29 is 9.59 Å². The summed E-state index contributed by atoms with van der Waals surface area (Å²) in [7, 11) is 0. The number of hydrogen-bond donors (Lipinski definition) is 2. The Kier molecular flexibility index (Phi) is 6.42. The highest BCUT2D eigenvalue weighted by Crippen LogP contribution is 2.10. The first kappa shape index (κ1) is 19.6. The number of amides is 2. The van der Waals surface area contributed by atoms with Gasteiger partial charge in [-0.25, -0.2) is 4.98 Å². The Hall–Kier alpha value is -3.15. The minimum Gasteiger partial charge on any atom is -0.354 e. The average Bonchev–Trinajstić information content (AvgIpc) is 3.14. The van der Waals surface area contributed by atoms with Gasteiger partial charge < -0.3 is 15.0 Å². The van der Waals surface area contributed by atoms with Gasteiger partial charge in [0, 0.05) is 30.9 Å². The summed E-state index contributed by atoms with van der Waals surface area (Å²) in [6, 6.07) is 14.2. The van der Waals surface area contributed by atoms with E-state index in [9.17, 15) is 9.59 Å². The number of nitrogens with zero attached hydrogens (tertiary/aromatic N) is 2. The molecule has 28 heavy (non-hydrogen) atoms. The van der Waals surface area contributed by atoms with E-state index in [0.717, 1.165) is 17.8 Å². The zero-order valence-corrected chi connectivity index (χ0v) is 16.3. The predicted molar refractivity (Wildman–Crippen MR) is 109 cm³/mol. The SMILES string of the molecule is CCC(C)C(NC(=O)c1ccccc1)C(=O)NCCc1cn2ccccc2n1. The van der Waals surface area contributed by atoms with Gasteiger partial charge in [-0.15, -0.1) is 0 Å². The number of fused-ring (bicyclic) bond motifs is 1.